The minimum absolute atomic E-state index is 0.147. The van der Waals surface area contributed by atoms with Crippen LogP contribution in [-0.2, 0) is 7.05 Å². The van der Waals surface area contributed by atoms with Gasteiger partial charge in [0.25, 0.3) is 11.1 Å². The number of nitrogens with one attached hydrogen (secondary N) is 1. The van der Waals surface area contributed by atoms with E-state index in [0.29, 0.717) is 22.2 Å². The van der Waals surface area contributed by atoms with Crippen molar-refractivity contribution in [2.45, 2.75) is 6.92 Å². The molecule has 0 aliphatic rings. The smallest absolute Gasteiger partial charge is 0.282 e. The molecule has 0 fully saturated rings. The predicted octanol–water partition coefficient (Wildman–Crippen LogP) is 2.74. The van der Waals surface area contributed by atoms with E-state index in [1.165, 1.54) is 6.21 Å². The maximum Gasteiger partial charge on any atom is 0.282 e. The van der Waals surface area contributed by atoms with Crippen LogP contribution in [0.5, 0.6) is 0 Å². The van der Waals surface area contributed by atoms with Crippen molar-refractivity contribution in [2.75, 3.05) is 0 Å². The van der Waals surface area contributed by atoms with E-state index < -0.39 is 0 Å². The molecule has 0 saturated carbocycles. The summed E-state index contributed by atoms with van der Waals surface area (Å²) in [6, 6.07) is 16.4. The molecular formula is C20H17N5O2S. The normalized spacial score (nSPS) is 11.5. The largest absolute Gasteiger partial charge is 0.330 e. The Morgan fingerprint density at radius 2 is 1.68 bits per heavy atom. The van der Waals surface area contributed by atoms with Gasteiger partial charge >= 0.3 is 0 Å². The Labute approximate surface area is 164 Å². The molecule has 0 amide bonds. The van der Waals surface area contributed by atoms with Gasteiger partial charge < -0.3 is 4.98 Å². The van der Waals surface area contributed by atoms with Crippen LogP contribution in [0, 0.1) is 11.7 Å². The molecule has 28 heavy (non-hydrogen) atoms. The highest BCUT2D eigenvalue weighted by Gasteiger charge is 2.14. The van der Waals surface area contributed by atoms with Crippen molar-refractivity contribution in [1.82, 2.24) is 19.0 Å². The van der Waals surface area contributed by atoms with E-state index in [-0.39, 0.29) is 15.9 Å². The first-order chi connectivity index (χ1) is 13.5. The molecule has 4 aromatic rings. The van der Waals surface area contributed by atoms with E-state index >= 15 is 0 Å². The van der Waals surface area contributed by atoms with E-state index in [1.54, 1.807) is 41.5 Å². The number of hydrogen-bond acceptors (Lipinski definition) is 4. The fourth-order valence-electron chi connectivity index (χ4n) is 3.17. The van der Waals surface area contributed by atoms with Crippen molar-refractivity contribution in [3.05, 3.63) is 91.3 Å². The topological polar surface area (TPSA) is 77.1 Å². The highest BCUT2D eigenvalue weighted by atomic mass is 32.1. The minimum atomic E-state index is -0.319. The Bertz CT molecular complexity index is 1390. The number of benzene rings is 2. The number of nitrogens with zero attached hydrogens (tertiary/aromatic N) is 4. The van der Waals surface area contributed by atoms with Gasteiger partial charge in [0.1, 0.15) is 0 Å². The highest BCUT2D eigenvalue weighted by molar-refractivity contribution is 7.71. The number of aromatic nitrogens is 4. The lowest BCUT2D eigenvalue weighted by Crippen LogP contribution is -2.20. The summed E-state index contributed by atoms with van der Waals surface area (Å²) in [6.07, 6.45) is 1.48. The first-order valence-electron chi connectivity index (χ1n) is 8.61. The van der Waals surface area contributed by atoms with Crippen LogP contribution in [0.2, 0.25) is 0 Å². The van der Waals surface area contributed by atoms with E-state index in [4.69, 9.17) is 12.2 Å². The summed E-state index contributed by atoms with van der Waals surface area (Å²) in [5.41, 5.74) is 2.05. The third-order valence-corrected chi connectivity index (χ3v) is 4.90. The third kappa shape index (κ3) is 2.84. The van der Waals surface area contributed by atoms with Crippen LogP contribution in [-0.4, -0.2) is 25.2 Å². The molecule has 0 spiro atoms. The van der Waals surface area contributed by atoms with Gasteiger partial charge in [-0.1, -0.05) is 30.3 Å². The van der Waals surface area contributed by atoms with Crippen LogP contribution >= 0.6 is 12.2 Å². The SMILES string of the molecule is Cc1c(/C=N\n2c(=S)[nH]c3ccccc3c2=O)n(C)n(-c2ccccc2)c1=O. The zero-order chi connectivity index (χ0) is 19.8. The summed E-state index contributed by atoms with van der Waals surface area (Å²) < 4.78 is 4.57. The van der Waals surface area contributed by atoms with Crippen LogP contribution in [0.25, 0.3) is 16.6 Å². The Kier molecular flexibility index (Phi) is 4.40. The minimum Gasteiger partial charge on any atom is -0.330 e. The monoisotopic (exact) mass is 391 g/mol. The van der Waals surface area contributed by atoms with Crippen molar-refractivity contribution in [3.8, 4) is 5.69 Å². The summed E-state index contributed by atoms with van der Waals surface area (Å²) in [5.74, 6) is 0. The molecule has 4 rings (SSSR count). The Balaban J connectivity index is 1.86. The molecule has 2 aromatic heterocycles. The molecule has 2 aromatic carbocycles. The second-order valence-electron chi connectivity index (χ2n) is 6.32. The molecule has 8 heteroatoms. The van der Waals surface area contributed by atoms with E-state index in [9.17, 15) is 9.59 Å². The first-order valence-corrected chi connectivity index (χ1v) is 9.02. The van der Waals surface area contributed by atoms with Gasteiger partial charge in [0.15, 0.2) is 0 Å². The average Bonchev–Trinajstić information content (AvgIpc) is 2.91. The predicted molar refractivity (Wildman–Crippen MR) is 112 cm³/mol. The lowest BCUT2D eigenvalue weighted by molar-refractivity contribution is 0.642. The second-order valence-corrected chi connectivity index (χ2v) is 6.71. The van der Waals surface area contributed by atoms with Crippen LogP contribution < -0.4 is 11.1 Å². The third-order valence-electron chi connectivity index (χ3n) is 4.63. The molecule has 0 aliphatic carbocycles. The number of rotatable bonds is 3. The molecule has 0 bridgehead atoms. The van der Waals surface area contributed by atoms with Gasteiger partial charge in [-0.05, 0) is 43.4 Å². The fourth-order valence-corrected chi connectivity index (χ4v) is 3.41. The van der Waals surface area contributed by atoms with Gasteiger partial charge in [0.05, 0.1) is 28.5 Å². The second kappa shape index (κ2) is 6.90. The zero-order valence-corrected chi connectivity index (χ0v) is 16.1. The maximum absolute atomic E-state index is 12.7. The summed E-state index contributed by atoms with van der Waals surface area (Å²) in [6.45, 7) is 1.73. The quantitative estimate of drug-likeness (QED) is 0.431. The molecule has 0 saturated heterocycles. The number of H-pyrrole nitrogens is 1. The van der Waals surface area contributed by atoms with Crippen LogP contribution in [0.3, 0.4) is 0 Å². The van der Waals surface area contributed by atoms with Crippen LogP contribution in [0.4, 0.5) is 0 Å². The van der Waals surface area contributed by atoms with Gasteiger partial charge in [0.2, 0.25) is 4.77 Å². The van der Waals surface area contributed by atoms with Gasteiger partial charge in [-0.3, -0.25) is 14.3 Å². The van der Waals surface area contributed by atoms with Gasteiger partial charge in [-0.2, -0.15) is 9.78 Å². The van der Waals surface area contributed by atoms with Crippen molar-refractivity contribution < 1.29 is 0 Å². The zero-order valence-electron chi connectivity index (χ0n) is 15.3. The summed E-state index contributed by atoms with van der Waals surface area (Å²) in [4.78, 5) is 28.4. The standard InChI is InChI=1S/C20H17N5O2S/c1-13-17(23(2)25(18(13)26)14-8-4-3-5-9-14)12-21-24-19(27)15-10-6-7-11-16(15)22-20(24)28/h3-12H,1-2H3,(H,22,28)/b21-12-. The summed E-state index contributed by atoms with van der Waals surface area (Å²) in [5, 5.41) is 4.75. The molecule has 0 radical (unpaired) electrons. The Morgan fingerprint density at radius 1 is 1.00 bits per heavy atom. The van der Waals surface area contributed by atoms with Crippen LogP contribution in [0.1, 0.15) is 11.3 Å². The molecule has 0 aliphatic heterocycles. The summed E-state index contributed by atoms with van der Waals surface area (Å²) in [7, 11) is 1.77. The number of para-hydroxylation sites is 2. The van der Waals surface area contributed by atoms with Crippen molar-refractivity contribution in [1.29, 1.82) is 0 Å². The molecule has 2 heterocycles. The van der Waals surface area contributed by atoms with Gasteiger partial charge in [0, 0.05) is 12.6 Å². The number of fused-ring (bicyclic) bond motifs is 1. The fraction of sp³-hybridized carbons (Fsp3) is 0.100. The first kappa shape index (κ1) is 17.9. The lowest BCUT2D eigenvalue weighted by atomic mass is 10.2. The molecule has 0 atom stereocenters. The van der Waals surface area contributed by atoms with E-state index in [2.05, 4.69) is 10.1 Å². The maximum atomic E-state index is 12.7. The average molecular weight is 391 g/mol. The molecule has 0 unspecified atom stereocenters. The lowest BCUT2D eigenvalue weighted by Gasteiger charge is -2.08. The highest BCUT2D eigenvalue weighted by Crippen LogP contribution is 2.09. The van der Waals surface area contributed by atoms with Gasteiger partial charge in [-0.25, -0.2) is 4.68 Å². The summed E-state index contributed by atoms with van der Waals surface area (Å²) >= 11 is 5.28. The number of hydrogen-bond donors (Lipinski definition) is 1. The Morgan fingerprint density at radius 3 is 2.43 bits per heavy atom. The van der Waals surface area contributed by atoms with Crippen molar-refractivity contribution in [2.24, 2.45) is 12.1 Å². The molecule has 140 valence electrons. The van der Waals surface area contributed by atoms with E-state index in [0.717, 1.165) is 10.4 Å². The van der Waals surface area contributed by atoms with Crippen molar-refractivity contribution in [3.63, 3.8) is 0 Å². The number of aromatic amines is 1. The molecule has 7 nitrogen and oxygen atoms in total. The molecule has 1 N–H and O–H groups in total. The Hall–Kier alpha value is -3.52. The molecular weight excluding hydrogens is 374 g/mol. The van der Waals surface area contributed by atoms with Crippen molar-refractivity contribution >= 4 is 29.3 Å². The van der Waals surface area contributed by atoms with Crippen LogP contribution in [0.15, 0.2) is 69.3 Å². The van der Waals surface area contributed by atoms with Gasteiger partial charge in [-0.15, -0.1) is 0 Å². The van der Waals surface area contributed by atoms with E-state index in [1.807, 2.05) is 36.4 Å².